The normalized spacial score (nSPS) is 25.4. The van der Waals surface area contributed by atoms with Gasteiger partial charge in [-0.15, -0.1) is 0 Å². The molecule has 1 aliphatic rings. The highest BCUT2D eigenvalue weighted by Crippen LogP contribution is 2.20. The van der Waals surface area contributed by atoms with Crippen LogP contribution in [-0.2, 0) is 0 Å². The standard InChI is InChI=1S/C13H28N2/c1-4-9-14-11-13-8-6-7-10-15(13)12(3)5-2/h12-14H,4-11H2,1-3H3. The van der Waals surface area contributed by atoms with Crippen LogP contribution in [0.3, 0.4) is 0 Å². The van der Waals surface area contributed by atoms with E-state index in [1.165, 1.54) is 51.7 Å². The van der Waals surface area contributed by atoms with Crippen molar-refractivity contribution in [1.29, 1.82) is 0 Å². The summed E-state index contributed by atoms with van der Waals surface area (Å²) in [5.41, 5.74) is 0. The van der Waals surface area contributed by atoms with Gasteiger partial charge in [-0.25, -0.2) is 0 Å². The van der Waals surface area contributed by atoms with Crippen molar-refractivity contribution in [3.8, 4) is 0 Å². The minimum atomic E-state index is 0.763. The average Bonchev–Trinajstić information content (AvgIpc) is 2.29. The van der Waals surface area contributed by atoms with E-state index in [9.17, 15) is 0 Å². The highest BCUT2D eigenvalue weighted by atomic mass is 15.2. The number of hydrogen-bond acceptors (Lipinski definition) is 2. The molecule has 2 nitrogen and oxygen atoms in total. The van der Waals surface area contributed by atoms with Gasteiger partial charge in [0.1, 0.15) is 0 Å². The Hall–Kier alpha value is -0.0800. The number of nitrogens with zero attached hydrogens (tertiary/aromatic N) is 1. The van der Waals surface area contributed by atoms with Crippen LogP contribution in [0.2, 0.25) is 0 Å². The zero-order chi connectivity index (χ0) is 11.1. The summed E-state index contributed by atoms with van der Waals surface area (Å²) in [6.45, 7) is 10.6. The Balaban J connectivity index is 2.35. The van der Waals surface area contributed by atoms with E-state index < -0.39 is 0 Å². The molecular formula is C13H28N2. The molecular weight excluding hydrogens is 184 g/mol. The molecule has 15 heavy (non-hydrogen) atoms. The van der Waals surface area contributed by atoms with Crippen LogP contribution in [0.15, 0.2) is 0 Å². The van der Waals surface area contributed by atoms with Crippen LogP contribution in [-0.4, -0.2) is 36.6 Å². The van der Waals surface area contributed by atoms with Crippen molar-refractivity contribution in [2.24, 2.45) is 0 Å². The summed E-state index contributed by atoms with van der Waals surface area (Å²) >= 11 is 0. The predicted octanol–water partition coefficient (Wildman–Crippen LogP) is 2.64. The quantitative estimate of drug-likeness (QED) is 0.681. The lowest BCUT2D eigenvalue weighted by Gasteiger charge is -2.39. The van der Waals surface area contributed by atoms with Crippen molar-refractivity contribution in [3.63, 3.8) is 0 Å². The van der Waals surface area contributed by atoms with Gasteiger partial charge in [-0.2, -0.15) is 0 Å². The summed E-state index contributed by atoms with van der Waals surface area (Å²) in [6, 6.07) is 1.55. The summed E-state index contributed by atoms with van der Waals surface area (Å²) < 4.78 is 0. The van der Waals surface area contributed by atoms with E-state index in [0.29, 0.717) is 0 Å². The molecule has 0 saturated carbocycles. The molecule has 1 rings (SSSR count). The minimum Gasteiger partial charge on any atom is -0.315 e. The number of likely N-dealkylation sites (tertiary alicyclic amines) is 1. The van der Waals surface area contributed by atoms with Gasteiger partial charge < -0.3 is 5.32 Å². The summed E-state index contributed by atoms with van der Waals surface area (Å²) in [5.74, 6) is 0. The monoisotopic (exact) mass is 212 g/mol. The molecule has 0 amide bonds. The molecule has 1 N–H and O–H groups in total. The molecule has 2 heteroatoms. The van der Waals surface area contributed by atoms with Crippen LogP contribution >= 0.6 is 0 Å². The van der Waals surface area contributed by atoms with Crippen molar-refractivity contribution in [3.05, 3.63) is 0 Å². The molecule has 0 aromatic carbocycles. The lowest BCUT2D eigenvalue weighted by Crippen LogP contribution is -2.49. The van der Waals surface area contributed by atoms with E-state index in [-0.39, 0.29) is 0 Å². The summed E-state index contributed by atoms with van der Waals surface area (Å²) in [6.07, 6.45) is 6.74. The van der Waals surface area contributed by atoms with Gasteiger partial charge in [0.05, 0.1) is 0 Å². The Morgan fingerprint density at radius 1 is 1.33 bits per heavy atom. The van der Waals surface area contributed by atoms with E-state index in [1.54, 1.807) is 0 Å². The third kappa shape index (κ3) is 4.12. The third-order valence-corrected chi connectivity index (χ3v) is 3.64. The largest absolute Gasteiger partial charge is 0.315 e. The van der Waals surface area contributed by atoms with Gasteiger partial charge in [0.25, 0.3) is 0 Å². The Morgan fingerprint density at radius 2 is 2.13 bits per heavy atom. The topological polar surface area (TPSA) is 15.3 Å². The zero-order valence-corrected chi connectivity index (χ0v) is 10.8. The Bertz CT molecular complexity index is 159. The molecule has 0 spiro atoms. The van der Waals surface area contributed by atoms with Crippen LogP contribution in [0.1, 0.15) is 52.9 Å². The molecule has 1 aliphatic heterocycles. The minimum absolute atomic E-state index is 0.763. The molecule has 2 atom stereocenters. The van der Waals surface area contributed by atoms with E-state index in [4.69, 9.17) is 0 Å². The summed E-state index contributed by atoms with van der Waals surface area (Å²) in [7, 11) is 0. The fraction of sp³-hybridized carbons (Fsp3) is 1.00. The van der Waals surface area contributed by atoms with E-state index in [1.807, 2.05) is 0 Å². The first kappa shape index (κ1) is 13.0. The highest BCUT2D eigenvalue weighted by Gasteiger charge is 2.24. The van der Waals surface area contributed by atoms with Gasteiger partial charge in [-0.3, -0.25) is 4.90 Å². The predicted molar refractivity (Wildman–Crippen MR) is 67.3 cm³/mol. The molecule has 0 aromatic rings. The first-order valence-corrected chi connectivity index (χ1v) is 6.76. The van der Waals surface area contributed by atoms with Crippen molar-refractivity contribution in [2.75, 3.05) is 19.6 Å². The van der Waals surface area contributed by atoms with Crippen molar-refractivity contribution >= 4 is 0 Å². The van der Waals surface area contributed by atoms with Crippen LogP contribution in [0, 0.1) is 0 Å². The molecule has 0 bridgehead atoms. The number of rotatable bonds is 6. The first-order valence-electron chi connectivity index (χ1n) is 6.76. The molecule has 0 radical (unpaired) electrons. The lowest BCUT2D eigenvalue weighted by molar-refractivity contribution is 0.0997. The highest BCUT2D eigenvalue weighted by molar-refractivity contribution is 4.81. The second-order valence-electron chi connectivity index (χ2n) is 4.85. The van der Waals surface area contributed by atoms with Crippen LogP contribution in [0.25, 0.3) is 0 Å². The van der Waals surface area contributed by atoms with Crippen LogP contribution < -0.4 is 5.32 Å². The van der Waals surface area contributed by atoms with Crippen molar-refractivity contribution in [1.82, 2.24) is 10.2 Å². The van der Waals surface area contributed by atoms with Gasteiger partial charge in [-0.1, -0.05) is 20.3 Å². The van der Waals surface area contributed by atoms with E-state index in [0.717, 1.165) is 12.1 Å². The Kier molecular flexibility index (Phi) is 6.26. The summed E-state index contributed by atoms with van der Waals surface area (Å²) in [4.78, 5) is 2.71. The maximum Gasteiger partial charge on any atom is 0.0223 e. The molecule has 90 valence electrons. The molecule has 0 aliphatic carbocycles. The fourth-order valence-corrected chi connectivity index (χ4v) is 2.50. The number of nitrogens with one attached hydrogen (secondary N) is 1. The number of hydrogen-bond donors (Lipinski definition) is 1. The van der Waals surface area contributed by atoms with Gasteiger partial charge in [0.15, 0.2) is 0 Å². The van der Waals surface area contributed by atoms with Gasteiger partial charge in [0, 0.05) is 18.6 Å². The van der Waals surface area contributed by atoms with Crippen LogP contribution in [0.4, 0.5) is 0 Å². The molecule has 0 aromatic heterocycles. The molecule has 2 unspecified atom stereocenters. The van der Waals surface area contributed by atoms with Crippen molar-refractivity contribution in [2.45, 2.75) is 65.0 Å². The average molecular weight is 212 g/mol. The third-order valence-electron chi connectivity index (χ3n) is 3.64. The molecule has 1 heterocycles. The van der Waals surface area contributed by atoms with Crippen LogP contribution in [0.5, 0.6) is 0 Å². The second-order valence-corrected chi connectivity index (χ2v) is 4.85. The maximum atomic E-state index is 3.57. The first-order chi connectivity index (χ1) is 7.29. The summed E-state index contributed by atoms with van der Waals surface area (Å²) in [5, 5.41) is 3.57. The van der Waals surface area contributed by atoms with Crippen molar-refractivity contribution < 1.29 is 0 Å². The van der Waals surface area contributed by atoms with Gasteiger partial charge in [0.2, 0.25) is 0 Å². The molecule has 1 saturated heterocycles. The fourth-order valence-electron chi connectivity index (χ4n) is 2.50. The Morgan fingerprint density at radius 3 is 2.80 bits per heavy atom. The Labute approximate surface area is 95.4 Å². The zero-order valence-electron chi connectivity index (χ0n) is 10.8. The second kappa shape index (κ2) is 7.24. The molecule has 1 fully saturated rings. The van der Waals surface area contributed by atoms with Gasteiger partial charge >= 0.3 is 0 Å². The maximum absolute atomic E-state index is 3.57. The SMILES string of the molecule is CCCNCC1CCCCN1C(C)CC. The van der Waals surface area contributed by atoms with E-state index in [2.05, 4.69) is 31.0 Å². The number of piperidine rings is 1. The van der Waals surface area contributed by atoms with E-state index >= 15 is 0 Å². The lowest BCUT2D eigenvalue weighted by atomic mass is 9.99. The van der Waals surface area contributed by atoms with Gasteiger partial charge in [-0.05, 0) is 45.7 Å². The smallest absolute Gasteiger partial charge is 0.0223 e.